The number of anilines is 5. The minimum Gasteiger partial charge on any atom is -0.456 e. The molecule has 4 heteroatoms. The number of fused-ring (bicyclic) bond motifs is 10. The molecule has 0 N–H and O–H groups in total. The zero-order valence-electron chi connectivity index (χ0n) is 36.0. The van der Waals surface area contributed by atoms with E-state index in [4.69, 9.17) is 4.42 Å². The number of nitrogens with zero attached hydrogens (tertiary/aromatic N) is 2. The van der Waals surface area contributed by atoms with Crippen molar-refractivity contribution < 1.29 is 4.42 Å². The van der Waals surface area contributed by atoms with Crippen molar-refractivity contribution >= 4 is 68.1 Å². The quantitative estimate of drug-likeness (QED) is 0.166. The van der Waals surface area contributed by atoms with Crippen LogP contribution in [0.4, 0.5) is 28.4 Å². The van der Waals surface area contributed by atoms with Gasteiger partial charge in [-0.2, -0.15) is 0 Å². The number of aryl methyl sites for hydroxylation is 1. The van der Waals surface area contributed by atoms with Gasteiger partial charge in [0, 0.05) is 39.1 Å². The molecule has 1 aromatic heterocycles. The van der Waals surface area contributed by atoms with Crippen LogP contribution >= 0.6 is 0 Å². The van der Waals surface area contributed by atoms with E-state index < -0.39 is 5.41 Å². The van der Waals surface area contributed by atoms with Crippen LogP contribution in [0.3, 0.4) is 0 Å². The maximum atomic E-state index is 6.67. The monoisotopic (exact) mass is 798 g/mol. The maximum Gasteiger partial charge on any atom is 0.333 e. The number of para-hydroxylation sites is 3. The molecule has 3 aliphatic heterocycles. The van der Waals surface area contributed by atoms with Gasteiger partial charge in [0.2, 0.25) is 0 Å². The molecule has 1 aliphatic carbocycles. The first-order chi connectivity index (χ1) is 30.1. The SMILES string of the molecule is Cc1cc2c3c(c1)N1c4ccccc4C(c4ccccc4)(c4ccccc4)c4cccc(c41)B3N(c1ccc3c(c1)C(C)(C)CCC3(C)C)c1cc3c(cc1-2)oc1ccccc13. The summed E-state index contributed by atoms with van der Waals surface area (Å²) in [5.74, 6) is 0. The van der Waals surface area contributed by atoms with Crippen LogP contribution in [0.5, 0.6) is 0 Å². The Balaban J connectivity index is 1.18. The average Bonchev–Trinajstić information content (AvgIpc) is 3.66. The van der Waals surface area contributed by atoms with E-state index in [1.54, 1.807) is 0 Å². The lowest BCUT2D eigenvalue weighted by Crippen LogP contribution is -2.62. The van der Waals surface area contributed by atoms with Crippen molar-refractivity contribution in [3.63, 3.8) is 0 Å². The Morgan fingerprint density at radius 3 is 1.95 bits per heavy atom. The van der Waals surface area contributed by atoms with E-state index in [2.05, 4.69) is 214 Å². The van der Waals surface area contributed by atoms with Gasteiger partial charge in [-0.25, -0.2) is 0 Å². The van der Waals surface area contributed by atoms with E-state index in [0.29, 0.717) is 0 Å². The lowest BCUT2D eigenvalue weighted by atomic mass is 9.42. The van der Waals surface area contributed by atoms with Crippen LogP contribution in [0.15, 0.2) is 174 Å². The van der Waals surface area contributed by atoms with Gasteiger partial charge in [0.25, 0.3) is 0 Å². The van der Waals surface area contributed by atoms with Crippen molar-refractivity contribution in [2.45, 2.75) is 63.7 Å². The maximum absolute atomic E-state index is 6.67. The first-order valence-corrected chi connectivity index (χ1v) is 22.3. The van der Waals surface area contributed by atoms with Gasteiger partial charge in [0.05, 0.1) is 11.1 Å². The summed E-state index contributed by atoms with van der Waals surface area (Å²) >= 11 is 0. The lowest BCUT2D eigenvalue weighted by Gasteiger charge is -2.52. The Labute approximate surface area is 364 Å². The van der Waals surface area contributed by atoms with E-state index in [-0.39, 0.29) is 17.7 Å². The van der Waals surface area contributed by atoms with Crippen LogP contribution in [0.1, 0.15) is 79.5 Å². The molecule has 62 heavy (non-hydrogen) atoms. The molecule has 4 heterocycles. The second-order valence-electron chi connectivity index (χ2n) is 19.6. The molecule has 0 radical (unpaired) electrons. The number of hydrogen-bond acceptors (Lipinski definition) is 3. The van der Waals surface area contributed by atoms with Gasteiger partial charge in [-0.3, -0.25) is 0 Å². The zero-order chi connectivity index (χ0) is 41.7. The highest BCUT2D eigenvalue weighted by atomic mass is 16.3. The Hall–Kier alpha value is -6.78. The van der Waals surface area contributed by atoms with E-state index in [0.717, 1.165) is 28.4 Å². The molecule has 8 aromatic carbocycles. The van der Waals surface area contributed by atoms with Gasteiger partial charge in [-0.05, 0) is 128 Å². The van der Waals surface area contributed by atoms with Crippen molar-refractivity contribution in [2.75, 3.05) is 9.71 Å². The first-order valence-electron chi connectivity index (χ1n) is 22.3. The molecule has 0 unspecified atom stereocenters. The third kappa shape index (κ3) is 4.62. The summed E-state index contributed by atoms with van der Waals surface area (Å²) in [5, 5.41) is 2.29. The standard InChI is InChI=1S/C58H47BN2O/c1-36-31-43-41-35-53-42(40-21-12-15-26-52(40)62-53)34-50(41)61(39-27-28-44-47(33-39)57(4,5)30-29-56(44,2)3)59-48-24-16-23-46-55(48)60(51(32-36)54(43)59)49-25-14-13-22-45(49)58(46,37-17-8-6-9-18-37)38-19-10-7-11-20-38/h6-28,31-35H,29-30H2,1-5H3. The molecule has 0 bridgehead atoms. The molecule has 0 atom stereocenters. The average molecular weight is 799 g/mol. The predicted octanol–water partition coefficient (Wildman–Crippen LogP) is 13.6. The third-order valence-corrected chi connectivity index (χ3v) is 15.2. The second kappa shape index (κ2) is 12.4. The van der Waals surface area contributed by atoms with Crippen LogP contribution in [-0.2, 0) is 16.2 Å². The summed E-state index contributed by atoms with van der Waals surface area (Å²) in [6, 6.07) is 64.4. The highest BCUT2D eigenvalue weighted by Crippen LogP contribution is 2.59. The number of rotatable bonds is 3. The normalized spacial score (nSPS) is 17.0. The third-order valence-electron chi connectivity index (χ3n) is 15.2. The lowest BCUT2D eigenvalue weighted by molar-refractivity contribution is 0.332. The second-order valence-corrected chi connectivity index (χ2v) is 19.6. The number of hydrogen-bond donors (Lipinski definition) is 0. The fraction of sp³-hybridized carbons (Fsp3) is 0.172. The summed E-state index contributed by atoms with van der Waals surface area (Å²) in [7, 11) is 0. The first kappa shape index (κ1) is 35.9. The Bertz CT molecular complexity index is 3300. The minimum atomic E-state index is -0.564. The van der Waals surface area contributed by atoms with Crippen molar-refractivity contribution in [1.29, 1.82) is 0 Å². The van der Waals surface area contributed by atoms with Crippen molar-refractivity contribution in [3.05, 3.63) is 209 Å². The Kier molecular flexibility index (Phi) is 7.20. The molecular formula is C58H47BN2O. The van der Waals surface area contributed by atoms with Gasteiger partial charge in [-0.15, -0.1) is 0 Å². The Morgan fingerprint density at radius 2 is 1.18 bits per heavy atom. The predicted molar refractivity (Wildman–Crippen MR) is 259 cm³/mol. The Morgan fingerprint density at radius 1 is 0.500 bits per heavy atom. The van der Waals surface area contributed by atoms with E-state index >= 15 is 0 Å². The van der Waals surface area contributed by atoms with Crippen LogP contribution in [0, 0.1) is 6.92 Å². The van der Waals surface area contributed by atoms with Crippen molar-refractivity contribution in [2.24, 2.45) is 0 Å². The summed E-state index contributed by atoms with van der Waals surface area (Å²) in [6.07, 6.45) is 2.34. The molecule has 0 saturated heterocycles. The fourth-order valence-corrected chi connectivity index (χ4v) is 12.2. The zero-order valence-corrected chi connectivity index (χ0v) is 36.0. The minimum absolute atomic E-state index is 0.0499. The number of benzene rings is 8. The molecule has 0 spiro atoms. The van der Waals surface area contributed by atoms with Gasteiger partial charge >= 0.3 is 6.85 Å². The molecular weight excluding hydrogens is 751 g/mol. The van der Waals surface area contributed by atoms with Gasteiger partial charge in [-0.1, -0.05) is 155 Å². The van der Waals surface area contributed by atoms with Crippen LogP contribution < -0.4 is 20.6 Å². The van der Waals surface area contributed by atoms with Gasteiger partial charge in [0.1, 0.15) is 11.2 Å². The molecule has 3 nitrogen and oxygen atoms in total. The largest absolute Gasteiger partial charge is 0.456 e. The van der Waals surface area contributed by atoms with E-state index in [1.165, 1.54) is 95.9 Å². The summed E-state index contributed by atoms with van der Waals surface area (Å²) < 4.78 is 6.67. The summed E-state index contributed by atoms with van der Waals surface area (Å²) in [6.45, 7) is 11.9. The van der Waals surface area contributed by atoms with Crippen LogP contribution in [0.2, 0.25) is 0 Å². The molecule has 4 aliphatic rings. The highest BCUT2D eigenvalue weighted by molar-refractivity contribution is 6.93. The summed E-state index contributed by atoms with van der Waals surface area (Å²) in [5.41, 5.74) is 22.0. The summed E-state index contributed by atoms with van der Waals surface area (Å²) in [4.78, 5) is 5.32. The van der Waals surface area contributed by atoms with Crippen LogP contribution in [-0.4, -0.2) is 6.85 Å². The molecule has 9 aromatic rings. The van der Waals surface area contributed by atoms with E-state index in [1.807, 2.05) is 0 Å². The molecule has 0 fully saturated rings. The molecule has 0 saturated carbocycles. The van der Waals surface area contributed by atoms with E-state index in [9.17, 15) is 0 Å². The van der Waals surface area contributed by atoms with Gasteiger partial charge in [0.15, 0.2) is 0 Å². The van der Waals surface area contributed by atoms with Gasteiger partial charge < -0.3 is 14.1 Å². The molecule has 13 rings (SSSR count). The number of furan rings is 1. The smallest absolute Gasteiger partial charge is 0.333 e. The van der Waals surface area contributed by atoms with Crippen molar-refractivity contribution in [1.82, 2.24) is 0 Å². The fourth-order valence-electron chi connectivity index (χ4n) is 12.2. The molecule has 0 amide bonds. The van der Waals surface area contributed by atoms with Crippen LogP contribution in [0.25, 0.3) is 33.1 Å². The molecule has 298 valence electrons. The highest BCUT2D eigenvalue weighted by Gasteiger charge is 2.53. The topological polar surface area (TPSA) is 19.6 Å². The van der Waals surface area contributed by atoms with Crippen molar-refractivity contribution in [3.8, 4) is 11.1 Å².